The largest absolute Gasteiger partial charge is 0.198 e. The maximum Gasteiger partial charge on any atom is 0.0655 e. The molecule has 0 aromatic carbocycles. The minimum absolute atomic E-state index is 0.375. The third-order valence-electron chi connectivity index (χ3n) is 5.94. The first-order chi connectivity index (χ1) is 9.81. The summed E-state index contributed by atoms with van der Waals surface area (Å²) in [5.74, 6) is 3.40. The van der Waals surface area contributed by atoms with E-state index >= 15 is 0 Å². The van der Waals surface area contributed by atoms with E-state index in [1.807, 2.05) is 0 Å². The monoisotopic (exact) mass is 275 g/mol. The van der Waals surface area contributed by atoms with Crippen molar-refractivity contribution in [2.75, 3.05) is 0 Å². The zero-order valence-corrected chi connectivity index (χ0v) is 13.4. The fourth-order valence-corrected chi connectivity index (χ4v) is 4.35. The lowest BCUT2D eigenvalue weighted by atomic mass is 9.75. The van der Waals surface area contributed by atoms with E-state index in [1.165, 1.54) is 83.5 Å². The van der Waals surface area contributed by atoms with Crippen molar-refractivity contribution in [3.8, 4) is 6.07 Å². The van der Waals surface area contributed by atoms with Crippen molar-refractivity contribution in [2.24, 2.45) is 23.7 Å². The molecule has 0 amide bonds. The van der Waals surface area contributed by atoms with Gasteiger partial charge in [0.15, 0.2) is 0 Å². The Balaban J connectivity index is 1.56. The zero-order valence-electron chi connectivity index (χ0n) is 13.4. The number of nitrogens with zero attached hydrogens (tertiary/aromatic N) is 1. The second kappa shape index (κ2) is 8.71. The summed E-state index contributed by atoms with van der Waals surface area (Å²) in [6.07, 6.45) is 18.2. The first-order valence-electron chi connectivity index (χ1n) is 9.21. The number of hydrogen-bond acceptors (Lipinski definition) is 1. The maximum atomic E-state index is 8.95. The van der Waals surface area contributed by atoms with Gasteiger partial charge < -0.3 is 0 Å². The molecular weight excluding hydrogens is 242 g/mol. The Hall–Kier alpha value is -0.510. The molecule has 0 spiro atoms. The normalized spacial score (nSPS) is 34.6. The van der Waals surface area contributed by atoms with Crippen molar-refractivity contribution in [1.82, 2.24) is 0 Å². The molecule has 1 heteroatoms. The summed E-state index contributed by atoms with van der Waals surface area (Å²) in [5.41, 5.74) is 0. The number of unbranched alkanes of at least 4 members (excludes halogenated alkanes) is 1. The minimum Gasteiger partial charge on any atom is -0.198 e. The highest BCUT2D eigenvalue weighted by Gasteiger charge is 2.24. The summed E-state index contributed by atoms with van der Waals surface area (Å²) in [5, 5.41) is 8.95. The Morgan fingerprint density at radius 2 is 1.20 bits per heavy atom. The highest BCUT2D eigenvalue weighted by Crippen LogP contribution is 2.37. The van der Waals surface area contributed by atoms with Crippen LogP contribution < -0.4 is 0 Å². The molecule has 2 fully saturated rings. The van der Waals surface area contributed by atoms with E-state index in [2.05, 4.69) is 13.0 Å². The molecule has 0 aromatic heterocycles. The number of hydrogen-bond donors (Lipinski definition) is 0. The van der Waals surface area contributed by atoms with Crippen LogP contribution in [0, 0.1) is 35.0 Å². The molecule has 0 bridgehead atoms. The van der Waals surface area contributed by atoms with Gasteiger partial charge in [0.1, 0.15) is 0 Å². The molecule has 2 aliphatic carbocycles. The average Bonchev–Trinajstić information content (AvgIpc) is 2.52. The lowest BCUT2D eigenvalue weighted by Crippen LogP contribution is -2.17. The summed E-state index contributed by atoms with van der Waals surface area (Å²) < 4.78 is 0. The van der Waals surface area contributed by atoms with Gasteiger partial charge in [0.2, 0.25) is 0 Å². The van der Waals surface area contributed by atoms with Gasteiger partial charge in [-0.2, -0.15) is 5.26 Å². The number of nitriles is 1. The first kappa shape index (κ1) is 15.9. The fourth-order valence-electron chi connectivity index (χ4n) is 4.35. The number of rotatable bonds is 6. The third kappa shape index (κ3) is 5.12. The lowest BCUT2D eigenvalue weighted by Gasteiger charge is -2.31. The summed E-state index contributed by atoms with van der Waals surface area (Å²) in [7, 11) is 0. The van der Waals surface area contributed by atoms with E-state index in [4.69, 9.17) is 5.26 Å². The summed E-state index contributed by atoms with van der Waals surface area (Å²) >= 11 is 0. The van der Waals surface area contributed by atoms with Crippen LogP contribution in [-0.4, -0.2) is 0 Å². The van der Waals surface area contributed by atoms with Crippen molar-refractivity contribution in [1.29, 1.82) is 5.26 Å². The lowest BCUT2D eigenvalue weighted by molar-refractivity contribution is 0.221. The molecule has 0 heterocycles. The SMILES string of the molecule is CCCCC1CCC(CCC2CCC(C#N)CC2)CC1. The van der Waals surface area contributed by atoms with Crippen LogP contribution in [0.2, 0.25) is 0 Å². The molecule has 0 radical (unpaired) electrons. The molecule has 114 valence electrons. The van der Waals surface area contributed by atoms with Crippen molar-refractivity contribution < 1.29 is 0 Å². The zero-order chi connectivity index (χ0) is 14.2. The van der Waals surface area contributed by atoms with E-state index in [0.717, 1.165) is 17.8 Å². The van der Waals surface area contributed by atoms with Crippen molar-refractivity contribution in [3.63, 3.8) is 0 Å². The van der Waals surface area contributed by atoms with Gasteiger partial charge in [0.05, 0.1) is 6.07 Å². The van der Waals surface area contributed by atoms with Gasteiger partial charge in [-0.3, -0.25) is 0 Å². The third-order valence-corrected chi connectivity index (χ3v) is 5.94. The highest BCUT2D eigenvalue weighted by molar-refractivity contribution is 4.87. The Labute approximate surface area is 126 Å². The molecule has 0 N–H and O–H groups in total. The van der Waals surface area contributed by atoms with Crippen molar-refractivity contribution in [2.45, 2.75) is 90.4 Å². The Morgan fingerprint density at radius 3 is 1.65 bits per heavy atom. The van der Waals surface area contributed by atoms with E-state index in [-0.39, 0.29) is 0 Å². The molecule has 0 saturated heterocycles. The Bertz CT molecular complexity index is 287. The molecular formula is C19H33N. The first-order valence-corrected chi connectivity index (χ1v) is 9.21. The second-order valence-electron chi connectivity index (χ2n) is 7.45. The van der Waals surface area contributed by atoms with Gasteiger partial charge in [0, 0.05) is 5.92 Å². The van der Waals surface area contributed by atoms with E-state index in [9.17, 15) is 0 Å². The van der Waals surface area contributed by atoms with Gasteiger partial charge in [-0.1, -0.05) is 64.7 Å². The standard InChI is InChI=1S/C19H33N/c1-2-3-4-16-5-7-17(8-6-16)9-10-18-11-13-19(15-20)14-12-18/h16-19H,2-14H2,1H3. The van der Waals surface area contributed by atoms with Gasteiger partial charge in [-0.15, -0.1) is 0 Å². The van der Waals surface area contributed by atoms with Gasteiger partial charge in [-0.25, -0.2) is 0 Å². The van der Waals surface area contributed by atoms with Crippen LogP contribution in [0.25, 0.3) is 0 Å². The van der Waals surface area contributed by atoms with Crippen LogP contribution in [-0.2, 0) is 0 Å². The highest BCUT2D eigenvalue weighted by atomic mass is 14.3. The van der Waals surface area contributed by atoms with Gasteiger partial charge >= 0.3 is 0 Å². The fraction of sp³-hybridized carbons (Fsp3) is 0.947. The van der Waals surface area contributed by atoms with Crippen LogP contribution in [0.1, 0.15) is 90.4 Å². The van der Waals surface area contributed by atoms with Gasteiger partial charge in [-0.05, 0) is 43.4 Å². The predicted molar refractivity (Wildman–Crippen MR) is 85.3 cm³/mol. The summed E-state index contributed by atoms with van der Waals surface area (Å²) in [6, 6.07) is 2.45. The predicted octanol–water partition coefficient (Wildman–Crippen LogP) is 6.09. The quantitative estimate of drug-likeness (QED) is 0.575. The average molecular weight is 275 g/mol. The Morgan fingerprint density at radius 1 is 0.750 bits per heavy atom. The van der Waals surface area contributed by atoms with Crippen LogP contribution in [0.4, 0.5) is 0 Å². The maximum absolute atomic E-state index is 8.95. The van der Waals surface area contributed by atoms with E-state index in [0.29, 0.717) is 5.92 Å². The second-order valence-corrected chi connectivity index (χ2v) is 7.45. The van der Waals surface area contributed by atoms with Crippen LogP contribution in [0.5, 0.6) is 0 Å². The van der Waals surface area contributed by atoms with Crippen molar-refractivity contribution >= 4 is 0 Å². The minimum atomic E-state index is 0.375. The molecule has 2 rings (SSSR count). The van der Waals surface area contributed by atoms with Crippen LogP contribution in [0.3, 0.4) is 0 Å². The van der Waals surface area contributed by atoms with Crippen molar-refractivity contribution in [3.05, 3.63) is 0 Å². The Kier molecular flexibility index (Phi) is 6.91. The molecule has 0 unspecified atom stereocenters. The van der Waals surface area contributed by atoms with Gasteiger partial charge in [0.25, 0.3) is 0 Å². The molecule has 0 atom stereocenters. The van der Waals surface area contributed by atoms with E-state index in [1.54, 1.807) is 0 Å². The van der Waals surface area contributed by atoms with Crippen LogP contribution in [0.15, 0.2) is 0 Å². The smallest absolute Gasteiger partial charge is 0.0655 e. The molecule has 2 saturated carbocycles. The summed E-state index contributed by atoms with van der Waals surface area (Å²) in [6.45, 7) is 2.31. The molecule has 2 aliphatic rings. The topological polar surface area (TPSA) is 23.8 Å². The summed E-state index contributed by atoms with van der Waals surface area (Å²) in [4.78, 5) is 0. The molecule has 1 nitrogen and oxygen atoms in total. The molecule has 20 heavy (non-hydrogen) atoms. The van der Waals surface area contributed by atoms with Crippen LogP contribution >= 0.6 is 0 Å². The molecule has 0 aromatic rings. The molecule has 0 aliphatic heterocycles. The van der Waals surface area contributed by atoms with E-state index < -0.39 is 0 Å².